The molecule has 3 saturated heterocycles. The lowest BCUT2D eigenvalue weighted by molar-refractivity contribution is -0.250. The lowest BCUT2D eigenvalue weighted by Gasteiger charge is -2.66. The molecular formula is C22H29NO3. The van der Waals surface area contributed by atoms with E-state index < -0.39 is 5.72 Å². The minimum atomic E-state index is -0.613. The van der Waals surface area contributed by atoms with E-state index >= 15 is 0 Å². The summed E-state index contributed by atoms with van der Waals surface area (Å²) in [4.78, 5) is 14.6. The monoisotopic (exact) mass is 355 g/mol. The first-order valence-corrected chi connectivity index (χ1v) is 10.6. The molecule has 0 radical (unpaired) electrons. The van der Waals surface area contributed by atoms with Gasteiger partial charge < -0.3 is 9.84 Å². The van der Waals surface area contributed by atoms with Crippen LogP contribution in [-0.2, 0) is 9.53 Å². The Morgan fingerprint density at radius 3 is 2.96 bits per heavy atom. The summed E-state index contributed by atoms with van der Waals surface area (Å²) < 4.78 is 6.08. The molecule has 1 N–H and O–H groups in total. The van der Waals surface area contributed by atoms with Gasteiger partial charge in [-0.15, -0.1) is 0 Å². The van der Waals surface area contributed by atoms with E-state index in [4.69, 9.17) is 4.74 Å². The van der Waals surface area contributed by atoms with Crippen LogP contribution in [0.5, 0.6) is 0 Å². The van der Waals surface area contributed by atoms with Crippen molar-refractivity contribution in [2.24, 2.45) is 39.9 Å². The Bertz CT molecular complexity index is 794. The SMILES string of the molecule is C=C1C[C@]23C[C@@]4(O)[C@@H]5[C@@]6(C)CCC[C@@]57[C@@H]2C(OC(C)=O)[C@@H]1C[C@@H]3[C@H]7N4C6. The van der Waals surface area contributed by atoms with Crippen molar-refractivity contribution < 1.29 is 14.6 Å². The van der Waals surface area contributed by atoms with Gasteiger partial charge in [-0.3, -0.25) is 9.69 Å². The van der Waals surface area contributed by atoms with E-state index in [9.17, 15) is 9.90 Å². The Kier molecular flexibility index (Phi) is 2.22. The smallest absolute Gasteiger partial charge is 0.302 e. The quantitative estimate of drug-likeness (QED) is 0.580. The number of aliphatic hydroxyl groups is 1. The third kappa shape index (κ3) is 1.15. The predicted octanol–water partition coefficient (Wildman–Crippen LogP) is 2.71. The lowest BCUT2D eigenvalue weighted by atomic mass is 9.39. The van der Waals surface area contributed by atoms with Gasteiger partial charge in [0.05, 0.1) is 0 Å². The van der Waals surface area contributed by atoms with Crippen LogP contribution >= 0.6 is 0 Å². The Balaban J connectivity index is 1.50. The van der Waals surface area contributed by atoms with Crippen molar-refractivity contribution in [3.63, 3.8) is 0 Å². The number of nitrogens with zero attached hydrogens (tertiary/aromatic N) is 1. The summed E-state index contributed by atoms with van der Waals surface area (Å²) >= 11 is 0. The summed E-state index contributed by atoms with van der Waals surface area (Å²) in [6, 6.07) is 0.515. The molecule has 4 nitrogen and oxygen atoms in total. The van der Waals surface area contributed by atoms with Gasteiger partial charge in [0.2, 0.25) is 0 Å². The molecule has 3 heterocycles. The van der Waals surface area contributed by atoms with Gasteiger partial charge in [-0.2, -0.15) is 0 Å². The zero-order valence-electron chi connectivity index (χ0n) is 15.8. The van der Waals surface area contributed by atoms with E-state index in [2.05, 4.69) is 18.4 Å². The minimum Gasteiger partial charge on any atom is -0.462 e. The summed E-state index contributed by atoms with van der Waals surface area (Å²) in [7, 11) is 0. The van der Waals surface area contributed by atoms with E-state index in [-0.39, 0.29) is 28.3 Å². The maximum atomic E-state index is 12.0. The van der Waals surface area contributed by atoms with Crippen LogP contribution in [0.1, 0.15) is 52.4 Å². The molecule has 4 heteroatoms. The molecule has 9 fully saturated rings. The zero-order valence-corrected chi connectivity index (χ0v) is 15.8. The molecule has 3 aliphatic heterocycles. The molecule has 0 aromatic heterocycles. The number of carbonyl (C=O) groups is 1. The summed E-state index contributed by atoms with van der Waals surface area (Å²) in [5.74, 6) is 1.68. The molecule has 9 aliphatic rings. The number of hydrogen-bond donors (Lipinski definition) is 1. The topological polar surface area (TPSA) is 49.8 Å². The highest BCUT2D eigenvalue weighted by Crippen LogP contribution is 2.89. The van der Waals surface area contributed by atoms with Crippen LogP contribution in [0, 0.1) is 39.9 Å². The Morgan fingerprint density at radius 2 is 2.19 bits per heavy atom. The second-order valence-electron chi connectivity index (χ2n) is 11.2. The van der Waals surface area contributed by atoms with Gasteiger partial charge in [0.15, 0.2) is 0 Å². The van der Waals surface area contributed by atoms with Gasteiger partial charge in [0.25, 0.3) is 0 Å². The summed E-state index contributed by atoms with van der Waals surface area (Å²) in [5, 5.41) is 12.0. The van der Waals surface area contributed by atoms with E-state index in [1.165, 1.54) is 24.8 Å². The molecule has 2 spiro atoms. The Hall–Kier alpha value is -0.870. The van der Waals surface area contributed by atoms with Crippen LogP contribution in [0.3, 0.4) is 0 Å². The van der Waals surface area contributed by atoms with Crippen molar-refractivity contribution in [2.75, 3.05) is 6.54 Å². The number of hydrogen-bond acceptors (Lipinski definition) is 4. The molecule has 2 unspecified atom stereocenters. The van der Waals surface area contributed by atoms with Gasteiger partial charge in [0, 0.05) is 42.7 Å². The molecule has 6 saturated carbocycles. The fourth-order valence-electron chi connectivity index (χ4n) is 10.9. The molecule has 11 atom stereocenters. The number of rotatable bonds is 1. The van der Waals surface area contributed by atoms with E-state index in [1.807, 2.05) is 0 Å². The third-order valence-electron chi connectivity index (χ3n) is 10.5. The molecule has 0 aromatic carbocycles. The first-order chi connectivity index (χ1) is 12.3. The summed E-state index contributed by atoms with van der Waals surface area (Å²) in [6.45, 7) is 9.48. The van der Waals surface area contributed by atoms with E-state index in [0.29, 0.717) is 29.7 Å². The predicted molar refractivity (Wildman–Crippen MR) is 94.8 cm³/mol. The second kappa shape index (κ2) is 3.82. The van der Waals surface area contributed by atoms with Crippen molar-refractivity contribution in [1.82, 2.24) is 4.90 Å². The van der Waals surface area contributed by atoms with Crippen LogP contribution in [0.15, 0.2) is 12.2 Å². The Morgan fingerprint density at radius 1 is 1.38 bits per heavy atom. The van der Waals surface area contributed by atoms with Gasteiger partial charge in [-0.1, -0.05) is 25.5 Å². The van der Waals surface area contributed by atoms with Crippen LogP contribution < -0.4 is 0 Å². The zero-order chi connectivity index (χ0) is 17.9. The van der Waals surface area contributed by atoms with E-state index in [1.54, 1.807) is 6.92 Å². The standard InChI is InChI=1S/C22H29NO3/c1-11-8-20-9-22(25)18-19(3)5-4-6-21(18)16(20)15(26-12(2)24)13(11)7-14(20)17(21)23(22)10-19/h13-18,25H,1,4-10H2,2-3H3/t13-,14-,15?,16-,17-,18-,19+,20-,21+,22-/m1/s1. The molecule has 0 amide bonds. The van der Waals surface area contributed by atoms with Crippen LogP contribution in [0.25, 0.3) is 0 Å². The highest BCUT2D eigenvalue weighted by Gasteiger charge is 2.92. The van der Waals surface area contributed by atoms with Gasteiger partial charge in [0.1, 0.15) is 11.8 Å². The number of piperidine rings is 2. The highest BCUT2D eigenvalue weighted by atomic mass is 16.5. The normalized spacial score (nSPS) is 68.0. The highest BCUT2D eigenvalue weighted by molar-refractivity contribution is 5.66. The molecule has 9 bridgehead atoms. The Labute approximate surface area is 155 Å². The van der Waals surface area contributed by atoms with Crippen molar-refractivity contribution in [2.45, 2.75) is 70.2 Å². The second-order valence-corrected chi connectivity index (χ2v) is 11.2. The van der Waals surface area contributed by atoms with Gasteiger partial charge >= 0.3 is 5.97 Å². The number of fused-ring (bicyclic) bond motifs is 1. The minimum absolute atomic E-state index is 0.00227. The first-order valence-electron chi connectivity index (χ1n) is 10.6. The number of ether oxygens (including phenoxy) is 1. The largest absolute Gasteiger partial charge is 0.462 e. The van der Waals surface area contributed by atoms with Gasteiger partial charge in [-0.25, -0.2) is 0 Å². The fourth-order valence-corrected chi connectivity index (χ4v) is 10.9. The molecule has 6 aliphatic carbocycles. The van der Waals surface area contributed by atoms with Crippen molar-refractivity contribution >= 4 is 5.97 Å². The van der Waals surface area contributed by atoms with E-state index in [0.717, 1.165) is 25.8 Å². The van der Waals surface area contributed by atoms with Crippen LogP contribution in [0.2, 0.25) is 0 Å². The number of carbonyl (C=O) groups excluding carboxylic acids is 1. The molecule has 9 rings (SSSR count). The van der Waals surface area contributed by atoms with Crippen LogP contribution in [-0.4, -0.2) is 40.4 Å². The average Bonchev–Trinajstić information content (AvgIpc) is 2.88. The average molecular weight is 355 g/mol. The van der Waals surface area contributed by atoms with Crippen molar-refractivity contribution in [3.8, 4) is 0 Å². The maximum absolute atomic E-state index is 12.0. The third-order valence-corrected chi connectivity index (χ3v) is 10.5. The van der Waals surface area contributed by atoms with Crippen molar-refractivity contribution in [1.29, 1.82) is 0 Å². The molecule has 0 aromatic rings. The maximum Gasteiger partial charge on any atom is 0.302 e. The number of esters is 1. The fraction of sp³-hybridized carbons (Fsp3) is 0.864. The van der Waals surface area contributed by atoms with Crippen molar-refractivity contribution in [3.05, 3.63) is 12.2 Å². The summed E-state index contributed by atoms with van der Waals surface area (Å²) in [6.07, 6.45) is 6.80. The molecular weight excluding hydrogens is 326 g/mol. The molecule has 26 heavy (non-hydrogen) atoms. The van der Waals surface area contributed by atoms with Gasteiger partial charge in [-0.05, 0) is 48.9 Å². The first kappa shape index (κ1) is 15.1. The lowest BCUT2D eigenvalue weighted by Crippen LogP contribution is -2.67. The summed E-state index contributed by atoms with van der Waals surface area (Å²) in [5.41, 5.74) is 1.20. The van der Waals surface area contributed by atoms with Crippen LogP contribution in [0.4, 0.5) is 0 Å². The molecule has 140 valence electrons.